The molecule has 1 fully saturated rings. The van der Waals surface area contributed by atoms with Crippen LogP contribution in [0.1, 0.15) is 44.1 Å². The van der Waals surface area contributed by atoms with Gasteiger partial charge in [-0.25, -0.2) is 0 Å². The maximum absolute atomic E-state index is 11.6. The van der Waals surface area contributed by atoms with Crippen LogP contribution < -0.4 is 10.6 Å². The summed E-state index contributed by atoms with van der Waals surface area (Å²) in [6, 6.07) is 3.80. The molecule has 6 heteroatoms. The third-order valence-electron chi connectivity index (χ3n) is 3.28. The monoisotopic (exact) mass is 278 g/mol. The van der Waals surface area contributed by atoms with Crippen LogP contribution in [0.2, 0.25) is 0 Å². The molecule has 2 N–H and O–H groups in total. The Morgan fingerprint density at radius 2 is 2.25 bits per heavy atom. The number of aromatic nitrogens is 2. The lowest BCUT2D eigenvalue weighted by Gasteiger charge is -2.35. The van der Waals surface area contributed by atoms with Crippen LogP contribution in [0.4, 0.5) is 5.82 Å². The SMILES string of the molecule is CCNC(=O)c1ccc(NC2CCOC(C)(C)C2)nn1. The van der Waals surface area contributed by atoms with Crippen molar-refractivity contribution < 1.29 is 9.53 Å². The zero-order valence-corrected chi connectivity index (χ0v) is 12.3. The molecular formula is C14H22N4O2. The zero-order chi connectivity index (χ0) is 14.6. The number of hydrogen-bond acceptors (Lipinski definition) is 5. The second-order valence-electron chi connectivity index (χ2n) is 5.61. The van der Waals surface area contributed by atoms with Crippen molar-refractivity contribution in [2.75, 3.05) is 18.5 Å². The summed E-state index contributed by atoms with van der Waals surface area (Å²) in [5.74, 6) is 0.500. The molecule has 1 unspecified atom stereocenters. The van der Waals surface area contributed by atoms with Crippen LogP contribution >= 0.6 is 0 Å². The number of rotatable bonds is 4. The first kappa shape index (κ1) is 14.7. The lowest BCUT2D eigenvalue weighted by molar-refractivity contribution is -0.0553. The molecule has 0 bridgehead atoms. The fourth-order valence-corrected chi connectivity index (χ4v) is 2.35. The molecule has 0 radical (unpaired) electrons. The van der Waals surface area contributed by atoms with E-state index in [1.165, 1.54) is 0 Å². The number of nitrogens with zero attached hydrogens (tertiary/aromatic N) is 2. The summed E-state index contributed by atoms with van der Waals surface area (Å²) in [6.07, 6.45) is 1.87. The lowest BCUT2D eigenvalue weighted by atomic mass is 9.94. The maximum atomic E-state index is 11.6. The standard InChI is InChI=1S/C14H22N4O2/c1-4-15-13(19)11-5-6-12(18-17-11)16-10-7-8-20-14(2,3)9-10/h5-6,10H,4,7-9H2,1-3H3,(H,15,19)(H,16,18). The first-order valence-corrected chi connectivity index (χ1v) is 7.02. The maximum Gasteiger partial charge on any atom is 0.271 e. The molecule has 1 aromatic rings. The quantitative estimate of drug-likeness (QED) is 0.875. The fraction of sp³-hybridized carbons (Fsp3) is 0.643. The summed E-state index contributed by atoms with van der Waals surface area (Å²) >= 11 is 0. The van der Waals surface area contributed by atoms with Crippen molar-refractivity contribution in [3.63, 3.8) is 0 Å². The van der Waals surface area contributed by atoms with Crippen LogP contribution in [-0.4, -0.2) is 40.9 Å². The summed E-state index contributed by atoms with van der Waals surface area (Å²) in [4.78, 5) is 11.6. The minimum atomic E-state index is -0.196. The van der Waals surface area contributed by atoms with Crippen LogP contribution in [0.15, 0.2) is 12.1 Å². The number of carbonyl (C=O) groups excluding carboxylic acids is 1. The average Bonchev–Trinajstić information content (AvgIpc) is 2.38. The van der Waals surface area contributed by atoms with Crippen LogP contribution in [0.3, 0.4) is 0 Å². The molecule has 6 nitrogen and oxygen atoms in total. The van der Waals surface area contributed by atoms with Crippen molar-refractivity contribution in [2.45, 2.75) is 45.3 Å². The normalized spacial score (nSPS) is 21.2. The van der Waals surface area contributed by atoms with Gasteiger partial charge in [-0.1, -0.05) is 0 Å². The van der Waals surface area contributed by atoms with Crippen LogP contribution in [0.25, 0.3) is 0 Å². The van der Waals surface area contributed by atoms with E-state index in [0.717, 1.165) is 19.4 Å². The number of ether oxygens (including phenoxy) is 1. The molecular weight excluding hydrogens is 256 g/mol. The molecule has 2 rings (SSSR count). The highest BCUT2D eigenvalue weighted by Crippen LogP contribution is 2.25. The van der Waals surface area contributed by atoms with Crippen LogP contribution in [0, 0.1) is 0 Å². The highest BCUT2D eigenvalue weighted by atomic mass is 16.5. The lowest BCUT2D eigenvalue weighted by Crippen LogP contribution is -2.40. The summed E-state index contributed by atoms with van der Waals surface area (Å²) in [5.41, 5.74) is 0.231. The molecule has 1 aromatic heterocycles. The van der Waals surface area contributed by atoms with Gasteiger partial charge >= 0.3 is 0 Å². The topological polar surface area (TPSA) is 76.1 Å². The highest BCUT2D eigenvalue weighted by Gasteiger charge is 2.28. The van der Waals surface area contributed by atoms with Crippen LogP contribution in [-0.2, 0) is 4.74 Å². The molecule has 0 aliphatic carbocycles. The smallest absolute Gasteiger partial charge is 0.271 e. The Balaban J connectivity index is 1.95. The van der Waals surface area contributed by atoms with Gasteiger partial charge < -0.3 is 15.4 Å². The van der Waals surface area contributed by atoms with Gasteiger partial charge in [0.2, 0.25) is 0 Å². The second-order valence-corrected chi connectivity index (χ2v) is 5.61. The van der Waals surface area contributed by atoms with Crippen molar-refractivity contribution >= 4 is 11.7 Å². The van der Waals surface area contributed by atoms with E-state index in [0.29, 0.717) is 24.1 Å². The van der Waals surface area contributed by atoms with Gasteiger partial charge in [-0.3, -0.25) is 4.79 Å². The predicted molar refractivity (Wildman–Crippen MR) is 76.7 cm³/mol. The number of carbonyl (C=O) groups is 1. The van der Waals surface area contributed by atoms with Gasteiger partial charge in [0.25, 0.3) is 5.91 Å². The van der Waals surface area contributed by atoms with E-state index in [1.807, 2.05) is 6.92 Å². The number of nitrogens with one attached hydrogen (secondary N) is 2. The number of amides is 1. The molecule has 0 spiro atoms. The Bertz CT molecular complexity index is 459. The summed E-state index contributed by atoms with van der Waals surface area (Å²) < 4.78 is 5.68. The Hall–Kier alpha value is -1.69. The van der Waals surface area contributed by atoms with Crippen molar-refractivity contribution in [1.29, 1.82) is 0 Å². The molecule has 2 heterocycles. The van der Waals surface area contributed by atoms with Crippen molar-refractivity contribution in [2.24, 2.45) is 0 Å². The predicted octanol–water partition coefficient (Wildman–Crippen LogP) is 1.60. The Kier molecular flexibility index (Phi) is 4.54. The molecule has 1 aliphatic heterocycles. The van der Waals surface area contributed by atoms with Gasteiger partial charge in [-0.05, 0) is 45.7 Å². The van der Waals surface area contributed by atoms with E-state index in [2.05, 4.69) is 34.7 Å². The van der Waals surface area contributed by atoms with Crippen molar-refractivity contribution in [3.8, 4) is 0 Å². The summed E-state index contributed by atoms with van der Waals surface area (Å²) in [7, 11) is 0. The van der Waals surface area contributed by atoms with E-state index >= 15 is 0 Å². The Morgan fingerprint density at radius 3 is 2.85 bits per heavy atom. The van der Waals surface area contributed by atoms with E-state index in [4.69, 9.17) is 4.74 Å². The third-order valence-corrected chi connectivity index (χ3v) is 3.28. The molecule has 110 valence electrons. The van der Waals surface area contributed by atoms with Crippen molar-refractivity contribution in [1.82, 2.24) is 15.5 Å². The average molecular weight is 278 g/mol. The van der Waals surface area contributed by atoms with E-state index < -0.39 is 0 Å². The Labute approximate surface area is 119 Å². The molecule has 0 aromatic carbocycles. The Morgan fingerprint density at radius 1 is 1.45 bits per heavy atom. The molecule has 20 heavy (non-hydrogen) atoms. The molecule has 1 saturated heterocycles. The highest BCUT2D eigenvalue weighted by molar-refractivity contribution is 5.92. The van der Waals surface area contributed by atoms with Gasteiger partial charge in [-0.15, -0.1) is 10.2 Å². The molecule has 1 atom stereocenters. The van der Waals surface area contributed by atoms with E-state index in [9.17, 15) is 4.79 Å². The van der Waals surface area contributed by atoms with Gasteiger partial charge in [-0.2, -0.15) is 0 Å². The summed E-state index contributed by atoms with van der Waals surface area (Å²) in [6.45, 7) is 7.37. The first-order chi connectivity index (χ1) is 9.50. The minimum absolute atomic E-state index is 0.107. The first-order valence-electron chi connectivity index (χ1n) is 7.02. The summed E-state index contributed by atoms with van der Waals surface area (Å²) in [5, 5.41) is 14.0. The molecule has 1 aliphatic rings. The van der Waals surface area contributed by atoms with Crippen molar-refractivity contribution in [3.05, 3.63) is 17.8 Å². The second kappa shape index (κ2) is 6.17. The van der Waals surface area contributed by atoms with Gasteiger partial charge in [0, 0.05) is 19.2 Å². The zero-order valence-electron chi connectivity index (χ0n) is 12.3. The van der Waals surface area contributed by atoms with Gasteiger partial charge in [0.05, 0.1) is 5.60 Å². The van der Waals surface area contributed by atoms with E-state index in [-0.39, 0.29) is 11.5 Å². The number of hydrogen-bond donors (Lipinski definition) is 2. The number of anilines is 1. The van der Waals surface area contributed by atoms with Gasteiger partial charge in [0.15, 0.2) is 5.69 Å². The largest absolute Gasteiger partial charge is 0.375 e. The minimum Gasteiger partial charge on any atom is -0.375 e. The van der Waals surface area contributed by atoms with Gasteiger partial charge in [0.1, 0.15) is 5.82 Å². The fourth-order valence-electron chi connectivity index (χ4n) is 2.35. The molecule has 1 amide bonds. The van der Waals surface area contributed by atoms with E-state index in [1.54, 1.807) is 12.1 Å². The van der Waals surface area contributed by atoms with Crippen LogP contribution in [0.5, 0.6) is 0 Å². The molecule has 0 saturated carbocycles. The third kappa shape index (κ3) is 3.90.